The number of rotatable bonds is 7. The highest BCUT2D eigenvalue weighted by atomic mass is 19.1. The number of hydrogen-bond acceptors (Lipinski definition) is 2. The second kappa shape index (κ2) is 7.17. The summed E-state index contributed by atoms with van der Waals surface area (Å²) in [5.74, 6) is 0.868. The lowest BCUT2D eigenvalue weighted by Crippen LogP contribution is -2.19. The minimum Gasteiger partial charge on any atom is -0.489 e. The van der Waals surface area contributed by atoms with Crippen LogP contribution in [0.25, 0.3) is 0 Å². The summed E-state index contributed by atoms with van der Waals surface area (Å²) in [6.07, 6.45) is 0. The third-order valence-corrected chi connectivity index (χ3v) is 2.30. The standard InChI is InChI=1S/C15H22FNO/c1-11(2)8-17-9-13-5-14(16)7-15(6-13)18-10-12(3)4/h5-7,11,17H,3,8-10H2,1-2,4H3. The van der Waals surface area contributed by atoms with E-state index in [9.17, 15) is 4.39 Å². The number of ether oxygens (including phenoxy) is 1. The molecule has 0 radical (unpaired) electrons. The zero-order valence-corrected chi connectivity index (χ0v) is 11.4. The highest BCUT2D eigenvalue weighted by Crippen LogP contribution is 2.17. The molecule has 0 aromatic heterocycles. The molecule has 0 amide bonds. The predicted octanol–water partition coefficient (Wildman–Crippen LogP) is 3.53. The van der Waals surface area contributed by atoms with Crippen LogP contribution < -0.4 is 10.1 Å². The smallest absolute Gasteiger partial charge is 0.127 e. The van der Waals surface area contributed by atoms with Crippen molar-refractivity contribution in [3.05, 3.63) is 41.7 Å². The molecule has 1 aromatic carbocycles. The molecule has 0 atom stereocenters. The molecule has 0 spiro atoms. The molecule has 2 nitrogen and oxygen atoms in total. The molecule has 0 aliphatic heterocycles. The Morgan fingerprint density at radius 2 is 2.11 bits per heavy atom. The van der Waals surface area contributed by atoms with Crippen molar-refractivity contribution < 1.29 is 9.13 Å². The molecule has 18 heavy (non-hydrogen) atoms. The van der Waals surface area contributed by atoms with Gasteiger partial charge >= 0.3 is 0 Å². The minimum atomic E-state index is -0.268. The van der Waals surface area contributed by atoms with Gasteiger partial charge in [-0.15, -0.1) is 0 Å². The van der Waals surface area contributed by atoms with Gasteiger partial charge in [0.2, 0.25) is 0 Å². The topological polar surface area (TPSA) is 21.3 Å². The van der Waals surface area contributed by atoms with Crippen LogP contribution in [0.4, 0.5) is 4.39 Å². The third-order valence-electron chi connectivity index (χ3n) is 2.30. The molecular formula is C15H22FNO. The van der Waals surface area contributed by atoms with Gasteiger partial charge in [-0.25, -0.2) is 4.39 Å². The maximum Gasteiger partial charge on any atom is 0.127 e. The van der Waals surface area contributed by atoms with Crippen molar-refractivity contribution in [2.75, 3.05) is 13.2 Å². The van der Waals surface area contributed by atoms with E-state index >= 15 is 0 Å². The first-order valence-corrected chi connectivity index (χ1v) is 6.24. The van der Waals surface area contributed by atoms with Crippen molar-refractivity contribution in [1.29, 1.82) is 0 Å². The van der Waals surface area contributed by atoms with Gasteiger partial charge in [0.1, 0.15) is 18.2 Å². The molecular weight excluding hydrogens is 229 g/mol. The Kier molecular flexibility index (Phi) is 5.86. The molecule has 3 heteroatoms. The van der Waals surface area contributed by atoms with Crippen molar-refractivity contribution in [1.82, 2.24) is 5.32 Å². The van der Waals surface area contributed by atoms with Crippen molar-refractivity contribution in [2.45, 2.75) is 27.3 Å². The first kappa shape index (κ1) is 14.7. The summed E-state index contributed by atoms with van der Waals surface area (Å²) in [6.45, 7) is 11.9. The summed E-state index contributed by atoms with van der Waals surface area (Å²) >= 11 is 0. The van der Waals surface area contributed by atoms with E-state index in [0.717, 1.165) is 17.7 Å². The van der Waals surface area contributed by atoms with E-state index in [-0.39, 0.29) is 5.82 Å². The molecule has 1 N–H and O–H groups in total. The first-order chi connectivity index (χ1) is 8.47. The molecule has 100 valence electrons. The third kappa shape index (κ3) is 5.82. The maximum absolute atomic E-state index is 13.4. The monoisotopic (exact) mass is 251 g/mol. The van der Waals surface area contributed by atoms with E-state index in [1.165, 1.54) is 12.1 Å². The zero-order chi connectivity index (χ0) is 13.5. The molecule has 0 bridgehead atoms. The average Bonchev–Trinajstić information content (AvgIpc) is 2.25. The van der Waals surface area contributed by atoms with Crippen molar-refractivity contribution in [3.8, 4) is 5.75 Å². The Labute approximate surface area is 109 Å². The van der Waals surface area contributed by atoms with Crippen LogP contribution in [0.2, 0.25) is 0 Å². The zero-order valence-electron chi connectivity index (χ0n) is 11.4. The molecule has 1 rings (SSSR count). The van der Waals surface area contributed by atoms with Gasteiger partial charge in [0.05, 0.1) is 0 Å². The molecule has 0 aliphatic carbocycles. The Hall–Kier alpha value is -1.35. The van der Waals surface area contributed by atoms with E-state index in [1.54, 1.807) is 0 Å². The molecule has 0 saturated carbocycles. The summed E-state index contributed by atoms with van der Waals surface area (Å²) in [5.41, 5.74) is 1.81. The Morgan fingerprint density at radius 1 is 1.39 bits per heavy atom. The lowest BCUT2D eigenvalue weighted by Gasteiger charge is -2.10. The van der Waals surface area contributed by atoms with Crippen molar-refractivity contribution in [2.24, 2.45) is 5.92 Å². The molecule has 0 aliphatic rings. The van der Waals surface area contributed by atoms with Gasteiger partial charge in [0.25, 0.3) is 0 Å². The molecule has 1 aromatic rings. The summed E-state index contributed by atoms with van der Waals surface area (Å²) in [5, 5.41) is 3.28. The van der Waals surface area contributed by atoms with E-state index < -0.39 is 0 Å². The van der Waals surface area contributed by atoms with Crippen LogP contribution in [0.15, 0.2) is 30.4 Å². The van der Waals surface area contributed by atoms with Crippen LogP contribution in [0, 0.1) is 11.7 Å². The number of nitrogens with one attached hydrogen (secondary N) is 1. The highest BCUT2D eigenvalue weighted by molar-refractivity contribution is 5.29. The Morgan fingerprint density at radius 3 is 2.72 bits per heavy atom. The van der Waals surface area contributed by atoms with E-state index in [2.05, 4.69) is 25.7 Å². The van der Waals surface area contributed by atoms with Crippen LogP contribution in [0.5, 0.6) is 5.75 Å². The fourth-order valence-electron chi connectivity index (χ4n) is 1.52. The fraction of sp³-hybridized carbons (Fsp3) is 0.467. The van der Waals surface area contributed by atoms with Gasteiger partial charge in [-0.3, -0.25) is 0 Å². The van der Waals surface area contributed by atoms with Gasteiger partial charge in [-0.2, -0.15) is 0 Å². The summed E-state index contributed by atoms with van der Waals surface area (Å²) in [7, 11) is 0. The largest absolute Gasteiger partial charge is 0.489 e. The fourth-order valence-corrected chi connectivity index (χ4v) is 1.52. The average molecular weight is 251 g/mol. The lowest BCUT2D eigenvalue weighted by atomic mass is 10.2. The second-order valence-electron chi connectivity index (χ2n) is 5.07. The van der Waals surface area contributed by atoms with Gasteiger partial charge in [-0.1, -0.05) is 20.4 Å². The summed E-state index contributed by atoms with van der Waals surface area (Å²) < 4.78 is 18.9. The molecule has 0 fully saturated rings. The van der Waals surface area contributed by atoms with E-state index in [4.69, 9.17) is 4.74 Å². The predicted molar refractivity (Wildman–Crippen MR) is 73.3 cm³/mol. The lowest BCUT2D eigenvalue weighted by molar-refractivity contribution is 0.350. The van der Waals surface area contributed by atoms with E-state index in [0.29, 0.717) is 24.8 Å². The number of hydrogen-bond donors (Lipinski definition) is 1. The molecule has 0 unspecified atom stereocenters. The van der Waals surface area contributed by atoms with Gasteiger partial charge < -0.3 is 10.1 Å². The van der Waals surface area contributed by atoms with Crippen LogP contribution in [-0.2, 0) is 6.54 Å². The Balaban J connectivity index is 2.59. The SMILES string of the molecule is C=C(C)COc1cc(F)cc(CNCC(C)C)c1. The molecule has 0 heterocycles. The van der Waals surface area contributed by atoms with Gasteiger partial charge in [0.15, 0.2) is 0 Å². The van der Waals surface area contributed by atoms with Crippen LogP contribution >= 0.6 is 0 Å². The van der Waals surface area contributed by atoms with E-state index in [1.807, 2.05) is 13.0 Å². The second-order valence-corrected chi connectivity index (χ2v) is 5.07. The quantitative estimate of drug-likeness (QED) is 0.749. The normalized spacial score (nSPS) is 10.7. The van der Waals surface area contributed by atoms with Crippen LogP contribution in [-0.4, -0.2) is 13.2 Å². The summed E-state index contributed by atoms with van der Waals surface area (Å²) in [6, 6.07) is 4.79. The highest BCUT2D eigenvalue weighted by Gasteiger charge is 2.02. The molecule has 0 saturated heterocycles. The van der Waals surface area contributed by atoms with Gasteiger partial charge in [0, 0.05) is 12.6 Å². The Bertz CT molecular complexity index is 401. The summed E-state index contributed by atoms with van der Waals surface area (Å²) in [4.78, 5) is 0. The van der Waals surface area contributed by atoms with Crippen LogP contribution in [0.3, 0.4) is 0 Å². The van der Waals surface area contributed by atoms with Crippen molar-refractivity contribution in [3.63, 3.8) is 0 Å². The maximum atomic E-state index is 13.4. The minimum absolute atomic E-state index is 0.268. The van der Waals surface area contributed by atoms with Crippen molar-refractivity contribution >= 4 is 0 Å². The van der Waals surface area contributed by atoms with Crippen LogP contribution in [0.1, 0.15) is 26.3 Å². The first-order valence-electron chi connectivity index (χ1n) is 6.24. The number of benzene rings is 1. The van der Waals surface area contributed by atoms with Gasteiger partial charge in [-0.05, 0) is 42.7 Å². The number of halogens is 1.